The molecule has 35 nitrogen and oxygen atoms in total. The van der Waals surface area contributed by atoms with Crippen molar-refractivity contribution in [3.05, 3.63) is 54.1 Å². The number of unbranched alkanes of at least 4 members (excludes halogenated alkanes) is 2. The van der Waals surface area contributed by atoms with E-state index in [2.05, 4.69) is 68.1 Å². The zero-order chi connectivity index (χ0) is 68.3. The molecule has 1 fully saturated rings. The minimum absolute atomic E-state index is 0.00401. The smallest absolute Gasteiger partial charge is 0.322 e. The number of nitrogens with one attached hydrogen (secondary N) is 12. The summed E-state index contributed by atoms with van der Waals surface area (Å²) in [6.07, 6.45) is 3.20. The molecule has 2 aromatic rings. The predicted molar refractivity (Wildman–Crippen MR) is 330 cm³/mol. The summed E-state index contributed by atoms with van der Waals surface area (Å²) < 4.78 is 0. The van der Waals surface area contributed by atoms with Gasteiger partial charge in [-0.2, -0.15) is 0 Å². The van der Waals surface area contributed by atoms with Crippen molar-refractivity contribution in [2.75, 3.05) is 59.0 Å². The fraction of sp³-hybridized carbons (Fsp3) is 0.596. The van der Waals surface area contributed by atoms with E-state index >= 15 is 0 Å². The number of nitrogens with two attached hydrogens (primary N) is 4. The van der Waals surface area contributed by atoms with Crippen molar-refractivity contribution in [1.82, 2.24) is 73.4 Å². The number of rotatable bonds is 42. The second kappa shape index (κ2) is 41.1. The molecule has 1 saturated heterocycles. The first kappa shape index (κ1) is 76.9. The van der Waals surface area contributed by atoms with E-state index < -0.39 is 164 Å². The second-order valence-corrected chi connectivity index (χ2v) is 22.2. The Labute approximate surface area is 531 Å². The Morgan fingerprint density at radius 1 is 0.630 bits per heavy atom. The van der Waals surface area contributed by atoms with Crippen LogP contribution in [-0.2, 0) is 75.2 Å². The molecule has 0 bridgehead atoms. The highest BCUT2D eigenvalue weighted by molar-refractivity contribution is 5.98. The number of aliphatic imine (C=N–C) groups is 1. The van der Waals surface area contributed by atoms with Crippen LogP contribution in [0.4, 0.5) is 0 Å². The zero-order valence-corrected chi connectivity index (χ0v) is 52.0. The Morgan fingerprint density at radius 2 is 1.14 bits per heavy atom. The lowest BCUT2D eigenvalue weighted by molar-refractivity contribution is -0.142. The van der Waals surface area contributed by atoms with Crippen LogP contribution < -0.4 is 81.4 Å². The van der Waals surface area contributed by atoms with Gasteiger partial charge in [0.25, 0.3) is 0 Å². The van der Waals surface area contributed by atoms with E-state index in [9.17, 15) is 72.5 Å². The van der Waals surface area contributed by atoms with Crippen LogP contribution in [0.3, 0.4) is 0 Å². The van der Waals surface area contributed by atoms with Crippen molar-refractivity contribution in [2.45, 2.75) is 152 Å². The minimum Gasteiger partial charge on any atom is -0.480 e. The van der Waals surface area contributed by atoms with E-state index in [0.29, 0.717) is 36.9 Å². The molecule has 1 aliphatic heterocycles. The molecule has 1 aromatic heterocycles. The van der Waals surface area contributed by atoms with Gasteiger partial charge in [-0.15, -0.1) is 0 Å². The van der Waals surface area contributed by atoms with E-state index in [4.69, 9.17) is 28.0 Å². The predicted octanol–water partition coefficient (Wildman–Crippen LogP) is -7.53. The molecule has 35 heteroatoms. The number of aliphatic hydroxyl groups excluding tert-OH is 2. The summed E-state index contributed by atoms with van der Waals surface area (Å²) in [5.41, 5.74) is 23.1. The number of aliphatic carboxylic acids is 1. The van der Waals surface area contributed by atoms with Crippen molar-refractivity contribution < 1.29 is 77.6 Å². The number of β-amino-alcohol motifs (C(OH)–C–C–N with tert-alkyl or cyclic N) is 1. The Balaban J connectivity index is 1.75. The Kier molecular flexibility index (Phi) is 34.4. The largest absolute Gasteiger partial charge is 0.480 e. The highest BCUT2D eigenvalue weighted by atomic mass is 16.4. The Hall–Kier alpha value is -9.35. The van der Waals surface area contributed by atoms with Crippen LogP contribution in [-0.4, -0.2) is 226 Å². The van der Waals surface area contributed by atoms with Crippen molar-refractivity contribution >= 4 is 82.8 Å². The maximum atomic E-state index is 14.2. The first-order valence-electron chi connectivity index (χ1n) is 30.3. The van der Waals surface area contributed by atoms with Gasteiger partial charge in [0, 0.05) is 44.2 Å². The zero-order valence-electron chi connectivity index (χ0n) is 52.0. The van der Waals surface area contributed by atoms with Gasteiger partial charge in [-0.25, -0.2) is 4.98 Å². The standard InChI is InChI=1S/C57H91N19O16/c1-4-5-14-38(69-45(80)27-66-55(91)43-22-35(78)29-76(43)56(92)41(19-32(2)3)72-44(79)23-59)52(88)73-36(15-9-10-17-58)49(85)64-26-47(82)71-40(21-34-24-62-31-68-34)54(90)74-37(16-11-18-63-57(60)61)50(86)65-25-46(81)70-39(20-33-12-7-6-8-13-33)53(89)75-42(30-77)51(87)67-28-48(83)84/h6-8,12-13,24,31-32,35-43,77-78H,4-5,9-11,14-23,25-30,58-59H2,1-3H3,(H,62,68)(H,64,85)(H,65,86)(H,66,91)(H,67,87)(H,69,80)(H,70,81)(H,71,82)(H,72,79)(H,73,88)(H,74,90)(H,75,89)(H,83,84)(H4,60,61,63)/t35-,36+,37+,38+,39+,40+,41+,42+,43+/m1/s1. The Bertz CT molecular complexity index is 2810. The average Bonchev–Trinajstić information content (AvgIpc) is 1.70. The third kappa shape index (κ3) is 28.6. The molecule has 0 saturated carbocycles. The van der Waals surface area contributed by atoms with Gasteiger partial charge in [0.05, 0.1) is 45.2 Å². The summed E-state index contributed by atoms with van der Waals surface area (Å²) in [6.45, 7) is 1.25. The van der Waals surface area contributed by atoms with Gasteiger partial charge in [0.1, 0.15) is 54.9 Å². The number of carboxylic acid groups (broad SMARTS) is 1. The van der Waals surface area contributed by atoms with Gasteiger partial charge in [-0.1, -0.05) is 63.9 Å². The van der Waals surface area contributed by atoms with Crippen molar-refractivity contribution in [1.29, 1.82) is 0 Å². The molecular formula is C57H91N19O16. The quantitative estimate of drug-likeness (QED) is 0.0167. The number of hydrogen-bond donors (Lipinski definition) is 19. The number of aromatic nitrogens is 2. The van der Waals surface area contributed by atoms with E-state index in [1.807, 2.05) is 26.1 Å². The Morgan fingerprint density at radius 3 is 1.67 bits per heavy atom. The molecule has 0 unspecified atom stereocenters. The number of carboxylic acids is 1. The molecule has 9 atom stereocenters. The molecule has 3 rings (SSSR count). The molecule has 510 valence electrons. The topological polar surface area (TPSA) is 563 Å². The number of aliphatic hydroxyl groups is 2. The van der Waals surface area contributed by atoms with Crippen LogP contribution >= 0.6 is 0 Å². The first-order valence-corrected chi connectivity index (χ1v) is 30.3. The summed E-state index contributed by atoms with van der Waals surface area (Å²) in [5.74, 6) is -11.7. The highest BCUT2D eigenvalue weighted by Gasteiger charge is 2.42. The summed E-state index contributed by atoms with van der Waals surface area (Å²) in [4.78, 5) is 185. The lowest BCUT2D eigenvalue weighted by Gasteiger charge is -2.29. The highest BCUT2D eigenvalue weighted by Crippen LogP contribution is 2.21. The van der Waals surface area contributed by atoms with Crippen LogP contribution in [0.15, 0.2) is 47.8 Å². The number of H-pyrrole nitrogens is 1. The van der Waals surface area contributed by atoms with E-state index in [1.54, 1.807) is 30.3 Å². The molecule has 0 radical (unpaired) electrons. The molecule has 0 aliphatic carbocycles. The number of aromatic amines is 1. The number of amides is 12. The van der Waals surface area contributed by atoms with Gasteiger partial charge < -0.3 is 107 Å². The van der Waals surface area contributed by atoms with E-state index in [-0.39, 0.29) is 89.4 Å². The fourth-order valence-electron chi connectivity index (χ4n) is 9.45. The summed E-state index contributed by atoms with van der Waals surface area (Å²) in [6, 6.07) is -2.30. The molecular weight excluding hydrogens is 1210 g/mol. The number of nitrogens with zero attached hydrogens (tertiary/aromatic N) is 3. The molecule has 12 amide bonds. The van der Waals surface area contributed by atoms with Crippen molar-refractivity contribution in [3.63, 3.8) is 0 Å². The first-order chi connectivity index (χ1) is 43.8. The van der Waals surface area contributed by atoms with Gasteiger partial charge in [-0.05, 0) is 63.0 Å². The van der Waals surface area contributed by atoms with Crippen molar-refractivity contribution in [3.8, 4) is 0 Å². The number of likely N-dealkylation sites (tertiary alicyclic amines) is 1. The van der Waals surface area contributed by atoms with Gasteiger partial charge in [0.15, 0.2) is 5.96 Å². The molecule has 1 aromatic carbocycles. The molecule has 1 aliphatic rings. The van der Waals surface area contributed by atoms with Crippen LogP contribution in [0.25, 0.3) is 0 Å². The number of carbonyl (C=O) groups is 13. The molecule has 0 spiro atoms. The van der Waals surface area contributed by atoms with E-state index in [1.165, 1.54) is 12.5 Å². The maximum Gasteiger partial charge on any atom is 0.322 e. The number of guanidine groups is 1. The van der Waals surface area contributed by atoms with Gasteiger partial charge in [0.2, 0.25) is 70.9 Å². The van der Waals surface area contributed by atoms with Gasteiger partial charge in [-0.3, -0.25) is 67.3 Å². The van der Waals surface area contributed by atoms with Crippen LogP contribution in [0.2, 0.25) is 0 Å². The van der Waals surface area contributed by atoms with Gasteiger partial charge >= 0.3 is 5.97 Å². The fourth-order valence-corrected chi connectivity index (χ4v) is 9.45. The van der Waals surface area contributed by atoms with Crippen molar-refractivity contribution in [2.24, 2.45) is 33.8 Å². The number of hydrogen-bond acceptors (Lipinski definition) is 19. The second-order valence-electron chi connectivity index (χ2n) is 22.2. The minimum atomic E-state index is -1.60. The molecule has 23 N–H and O–H groups in total. The average molecular weight is 1300 g/mol. The van der Waals surface area contributed by atoms with Crippen LogP contribution in [0, 0.1) is 5.92 Å². The number of imidazole rings is 1. The van der Waals surface area contributed by atoms with Crippen LogP contribution in [0.5, 0.6) is 0 Å². The van der Waals surface area contributed by atoms with Crippen LogP contribution in [0.1, 0.15) is 96.2 Å². The number of carbonyl (C=O) groups excluding carboxylic acids is 12. The molecule has 92 heavy (non-hydrogen) atoms. The maximum absolute atomic E-state index is 14.2. The monoisotopic (exact) mass is 1300 g/mol. The molecule has 2 heterocycles. The lowest BCUT2D eigenvalue weighted by Crippen LogP contribution is -2.58. The third-order valence-electron chi connectivity index (χ3n) is 14.1. The lowest BCUT2D eigenvalue weighted by atomic mass is 10.0. The summed E-state index contributed by atoms with van der Waals surface area (Å²) >= 11 is 0. The third-order valence-corrected chi connectivity index (χ3v) is 14.1. The normalized spacial score (nSPS) is 15.7. The summed E-state index contributed by atoms with van der Waals surface area (Å²) in [5, 5.41) is 56.3. The SMILES string of the molecule is CCCC[C@H](NC(=O)CNC(=O)[C@@H]1C[C@@H](O)CN1C(=O)[C@H](CC(C)C)NC(=O)CN)C(=O)N[C@@H](CCCCN)C(=O)NCC(=O)N[C@@H](Cc1cnc[nH]1)C(=O)N[C@@H](CCCN=C(N)N)C(=O)NCC(=O)N[C@@H](Cc1ccccc1)C(=O)N[C@@H](CO)C(=O)NCC(=O)O. The van der Waals surface area contributed by atoms with E-state index in [0.717, 1.165) is 4.90 Å². The summed E-state index contributed by atoms with van der Waals surface area (Å²) in [7, 11) is 0. The number of benzene rings is 1.